The summed E-state index contributed by atoms with van der Waals surface area (Å²) in [5, 5.41) is 6.03. The Morgan fingerprint density at radius 3 is 2.62 bits per heavy atom. The van der Waals surface area contributed by atoms with E-state index >= 15 is 0 Å². The SMILES string of the molecule is CCn1nccc1-c1csc(S(=O)(=O)Nc2ccc(OC)c(OC)c2)c1. The van der Waals surface area contributed by atoms with Crippen molar-refractivity contribution in [3.63, 3.8) is 0 Å². The Labute approximate surface area is 156 Å². The molecule has 0 fully saturated rings. The van der Waals surface area contributed by atoms with Crippen molar-refractivity contribution in [1.29, 1.82) is 0 Å². The average Bonchev–Trinajstić information content (AvgIpc) is 3.30. The molecule has 0 bridgehead atoms. The van der Waals surface area contributed by atoms with Gasteiger partial charge in [0.25, 0.3) is 10.0 Å². The molecule has 9 heteroatoms. The van der Waals surface area contributed by atoms with Crippen LogP contribution in [0, 0.1) is 0 Å². The monoisotopic (exact) mass is 393 g/mol. The van der Waals surface area contributed by atoms with E-state index in [4.69, 9.17) is 9.47 Å². The summed E-state index contributed by atoms with van der Waals surface area (Å²) < 4.78 is 40.4. The molecule has 138 valence electrons. The van der Waals surface area contributed by atoms with E-state index in [-0.39, 0.29) is 4.21 Å². The molecule has 0 atom stereocenters. The zero-order valence-corrected chi connectivity index (χ0v) is 16.2. The number of aryl methyl sites for hydroxylation is 1. The van der Waals surface area contributed by atoms with E-state index in [9.17, 15) is 8.42 Å². The van der Waals surface area contributed by atoms with Gasteiger partial charge in [-0.2, -0.15) is 5.10 Å². The lowest BCUT2D eigenvalue weighted by molar-refractivity contribution is 0.355. The molecule has 1 aromatic carbocycles. The maximum Gasteiger partial charge on any atom is 0.271 e. The van der Waals surface area contributed by atoms with Gasteiger partial charge >= 0.3 is 0 Å². The van der Waals surface area contributed by atoms with Gasteiger partial charge in [0, 0.05) is 29.8 Å². The van der Waals surface area contributed by atoms with Crippen molar-refractivity contribution >= 4 is 27.0 Å². The van der Waals surface area contributed by atoms with Crippen molar-refractivity contribution in [2.45, 2.75) is 17.7 Å². The number of benzene rings is 1. The highest BCUT2D eigenvalue weighted by Crippen LogP contribution is 2.33. The van der Waals surface area contributed by atoms with Crippen LogP contribution in [0.3, 0.4) is 0 Å². The number of hydrogen-bond donors (Lipinski definition) is 1. The summed E-state index contributed by atoms with van der Waals surface area (Å²) in [7, 11) is -0.683. The minimum Gasteiger partial charge on any atom is -0.493 e. The summed E-state index contributed by atoms with van der Waals surface area (Å²) in [6, 6.07) is 8.37. The molecule has 3 aromatic rings. The van der Waals surface area contributed by atoms with Crippen LogP contribution >= 0.6 is 11.3 Å². The summed E-state index contributed by atoms with van der Waals surface area (Å²) in [6.45, 7) is 2.70. The lowest BCUT2D eigenvalue weighted by Gasteiger charge is -2.11. The van der Waals surface area contributed by atoms with Crippen LogP contribution in [0.4, 0.5) is 5.69 Å². The minimum absolute atomic E-state index is 0.228. The van der Waals surface area contributed by atoms with Crippen molar-refractivity contribution in [2.75, 3.05) is 18.9 Å². The molecule has 0 aliphatic heterocycles. The van der Waals surface area contributed by atoms with Crippen molar-refractivity contribution < 1.29 is 17.9 Å². The summed E-state index contributed by atoms with van der Waals surface area (Å²) >= 11 is 1.16. The second-order valence-electron chi connectivity index (χ2n) is 5.36. The number of rotatable bonds is 7. The Bertz CT molecular complexity index is 1010. The van der Waals surface area contributed by atoms with Crippen LogP contribution in [-0.2, 0) is 16.6 Å². The topological polar surface area (TPSA) is 82.5 Å². The molecule has 0 saturated carbocycles. The highest BCUT2D eigenvalue weighted by Gasteiger charge is 2.19. The van der Waals surface area contributed by atoms with Crippen LogP contribution < -0.4 is 14.2 Å². The molecule has 0 aliphatic rings. The number of methoxy groups -OCH3 is 2. The van der Waals surface area contributed by atoms with Crippen LogP contribution in [0.25, 0.3) is 11.3 Å². The fraction of sp³-hybridized carbons (Fsp3) is 0.235. The Balaban J connectivity index is 1.87. The first kappa shape index (κ1) is 18.3. The van der Waals surface area contributed by atoms with Gasteiger partial charge in [0.15, 0.2) is 11.5 Å². The number of thiophene rings is 1. The van der Waals surface area contributed by atoms with E-state index < -0.39 is 10.0 Å². The Hall–Kier alpha value is -2.52. The quantitative estimate of drug-likeness (QED) is 0.665. The second kappa shape index (κ2) is 7.38. The molecule has 26 heavy (non-hydrogen) atoms. The maximum absolute atomic E-state index is 12.7. The van der Waals surface area contributed by atoms with E-state index in [1.54, 1.807) is 30.5 Å². The minimum atomic E-state index is -3.71. The average molecular weight is 393 g/mol. The van der Waals surface area contributed by atoms with Crippen molar-refractivity contribution in [1.82, 2.24) is 9.78 Å². The molecule has 1 N–H and O–H groups in total. The van der Waals surface area contributed by atoms with Gasteiger partial charge in [-0.1, -0.05) is 0 Å². The highest BCUT2D eigenvalue weighted by molar-refractivity contribution is 7.94. The van der Waals surface area contributed by atoms with E-state index in [1.807, 2.05) is 23.1 Å². The van der Waals surface area contributed by atoms with Crippen LogP contribution in [0.1, 0.15) is 6.92 Å². The number of nitrogens with zero attached hydrogens (tertiary/aromatic N) is 2. The predicted octanol–water partition coefficient (Wildman–Crippen LogP) is 3.45. The predicted molar refractivity (Wildman–Crippen MR) is 102 cm³/mol. The smallest absolute Gasteiger partial charge is 0.271 e. The highest BCUT2D eigenvalue weighted by atomic mass is 32.2. The summed E-state index contributed by atoms with van der Waals surface area (Å²) in [6.07, 6.45) is 1.70. The molecule has 2 heterocycles. The third-order valence-electron chi connectivity index (χ3n) is 3.79. The molecular formula is C17H19N3O4S2. The Morgan fingerprint density at radius 2 is 1.92 bits per heavy atom. The lowest BCUT2D eigenvalue weighted by atomic mass is 10.2. The van der Waals surface area contributed by atoms with Gasteiger partial charge in [0.1, 0.15) is 4.21 Å². The first-order valence-corrected chi connectivity index (χ1v) is 10.2. The number of aromatic nitrogens is 2. The third kappa shape index (κ3) is 3.54. The molecular weight excluding hydrogens is 374 g/mol. The molecule has 0 amide bonds. The van der Waals surface area contributed by atoms with Gasteiger partial charge in [-0.05, 0) is 31.2 Å². The van der Waals surface area contributed by atoms with Crippen LogP contribution in [0.15, 0.2) is 46.1 Å². The number of sulfonamides is 1. The fourth-order valence-electron chi connectivity index (χ4n) is 2.53. The van der Waals surface area contributed by atoms with Crippen molar-refractivity contribution in [2.24, 2.45) is 0 Å². The van der Waals surface area contributed by atoms with Crippen LogP contribution in [0.2, 0.25) is 0 Å². The van der Waals surface area contributed by atoms with Gasteiger partial charge in [0.05, 0.1) is 25.6 Å². The molecule has 2 aromatic heterocycles. The van der Waals surface area contributed by atoms with Crippen molar-refractivity contribution in [3.8, 4) is 22.8 Å². The number of ether oxygens (including phenoxy) is 2. The largest absolute Gasteiger partial charge is 0.493 e. The van der Waals surface area contributed by atoms with Gasteiger partial charge in [-0.3, -0.25) is 9.40 Å². The maximum atomic E-state index is 12.7. The Morgan fingerprint density at radius 1 is 1.15 bits per heavy atom. The number of anilines is 1. The molecule has 7 nitrogen and oxygen atoms in total. The molecule has 0 radical (unpaired) electrons. The van der Waals surface area contributed by atoms with Gasteiger partial charge in [-0.25, -0.2) is 8.42 Å². The Kier molecular flexibility index (Phi) is 5.19. The zero-order chi connectivity index (χ0) is 18.7. The number of nitrogens with one attached hydrogen (secondary N) is 1. The molecule has 3 rings (SSSR count). The molecule has 0 spiro atoms. The third-order valence-corrected chi connectivity index (χ3v) is 6.61. The first-order valence-electron chi connectivity index (χ1n) is 7.84. The van der Waals surface area contributed by atoms with Crippen molar-refractivity contribution in [3.05, 3.63) is 41.9 Å². The van der Waals surface area contributed by atoms with E-state index in [2.05, 4.69) is 9.82 Å². The van der Waals surface area contributed by atoms with Gasteiger partial charge in [0.2, 0.25) is 0 Å². The van der Waals surface area contributed by atoms with E-state index in [0.717, 1.165) is 22.6 Å². The van der Waals surface area contributed by atoms with Crippen LogP contribution in [0.5, 0.6) is 11.5 Å². The zero-order valence-electron chi connectivity index (χ0n) is 14.6. The van der Waals surface area contributed by atoms with Gasteiger partial charge < -0.3 is 9.47 Å². The normalized spacial score (nSPS) is 11.3. The molecule has 0 unspecified atom stereocenters. The van der Waals surface area contributed by atoms with Gasteiger partial charge in [-0.15, -0.1) is 11.3 Å². The van der Waals surface area contributed by atoms with Crippen LogP contribution in [-0.4, -0.2) is 32.4 Å². The standard InChI is InChI=1S/C17H19N3O4S2/c1-4-20-14(7-8-18-20)12-9-17(25-11-12)26(21,22)19-13-5-6-15(23-2)16(10-13)24-3/h5-11,19H,4H2,1-3H3. The fourth-order valence-corrected chi connectivity index (χ4v) is 4.75. The second-order valence-corrected chi connectivity index (χ2v) is 8.18. The summed E-state index contributed by atoms with van der Waals surface area (Å²) in [4.78, 5) is 0. The van der Waals surface area contributed by atoms with E-state index in [1.165, 1.54) is 14.2 Å². The first-order chi connectivity index (χ1) is 12.5. The van der Waals surface area contributed by atoms with E-state index in [0.29, 0.717) is 23.7 Å². The lowest BCUT2D eigenvalue weighted by Crippen LogP contribution is -2.11. The molecule has 0 saturated heterocycles. The molecule has 0 aliphatic carbocycles. The summed E-state index contributed by atoms with van der Waals surface area (Å²) in [5.74, 6) is 0.980. The number of hydrogen-bond acceptors (Lipinski definition) is 6. The summed E-state index contributed by atoms with van der Waals surface area (Å²) in [5.41, 5.74) is 2.11.